The molecule has 0 bridgehead atoms. The number of thiophene rings is 1. The maximum absolute atomic E-state index is 13.0. The number of carbonyl (C=O) groups is 1. The van der Waals surface area contributed by atoms with Crippen LogP contribution in [0.1, 0.15) is 28.5 Å². The Morgan fingerprint density at radius 1 is 1.46 bits per heavy atom. The van der Waals surface area contributed by atoms with Crippen LogP contribution in [0, 0.1) is 0 Å². The molecule has 1 aliphatic heterocycles. The van der Waals surface area contributed by atoms with Gasteiger partial charge in [-0.2, -0.15) is 0 Å². The number of hydrogen-bond acceptors (Lipinski definition) is 8. The summed E-state index contributed by atoms with van der Waals surface area (Å²) in [6.45, 7) is 1.26. The van der Waals surface area contributed by atoms with Gasteiger partial charge in [-0.3, -0.25) is 9.78 Å². The molecule has 1 unspecified atom stereocenters. The number of β-amino-alcohol motifs (C(OH)–C–C–N with tert-alkyl or cyclic N) is 1. The highest BCUT2D eigenvalue weighted by Gasteiger charge is 2.28. The third-order valence-electron chi connectivity index (χ3n) is 4.68. The van der Waals surface area contributed by atoms with E-state index < -0.39 is 6.10 Å². The first-order valence-corrected chi connectivity index (χ1v) is 9.91. The summed E-state index contributed by atoms with van der Waals surface area (Å²) in [4.78, 5) is 27.9. The van der Waals surface area contributed by atoms with Crippen LogP contribution in [-0.2, 0) is 4.74 Å². The Morgan fingerprint density at radius 2 is 2.36 bits per heavy atom. The van der Waals surface area contributed by atoms with Gasteiger partial charge < -0.3 is 20.1 Å². The number of nitrogens with zero attached hydrogens (tertiary/aromatic N) is 4. The molecule has 28 heavy (non-hydrogen) atoms. The molecule has 1 saturated heterocycles. The van der Waals surface area contributed by atoms with E-state index in [2.05, 4.69) is 20.3 Å². The van der Waals surface area contributed by atoms with Crippen molar-refractivity contribution in [1.82, 2.24) is 19.9 Å². The van der Waals surface area contributed by atoms with E-state index in [1.54, 1.807) is 24.4 Å². The number of amides is 1. The number of aromatic nitrogens is 3. The summed E-state index contributed by atoms with van der Waals surface area (Å²) < 4.78 is 6.08. The average Bonchev–Trinajstić information content (AvgIpc) is 3.36. The second kappa shape index (κ2) is 8.17. The van der Waals surface area contributed by atoms with E-state index in [1.807, 2.05) is 23.6 Å². The van der Waals surface area contributed by atoms with Gasteiger partial charge in [0.25, 0.3) is 5.91 Å². The second-order valence-corrected chi connectivity index (χ2v) is 7.58. The number of ether oxygens (including phenoxy) is 1. The van der Waals surface area contributed by atoms with Gasteiger partial charge in [0, 0.05) is 32.6 Å². The van der Waals surface area contributed by atoms with Crippen molar-refractivity contribution in [1.29, 1.82) is 0 Å². The molecule has 9 heteroatoms. The zero-order chi connectivity index (χ0) is 19.5. The van der Waals surface area contributed by atoms with Crippen LogP contribution in [0.15, 0.2) is 36.0 Å². The molecule has 0 spiro atoms. The topological polar surface area (TPSA) is 100 Å². The predicted molar refractivity (Wildman–Crippen MR) is 106 cm³/mol. The highest BCUT2D eigenvalue weighted by atomic mass is 32.1. The molecule has 0 aliphatic carbocycles. The minimum atomic E-state index is -0.473. The standard InChI is InChI=1S/C19H21N5O3S/c1-27-11-15(12-3-2-6-20-9-12)22-19-21-14-5-8-28-17(14)16(23-19)18(26)24-7-4-13(25)10-24/h2-3,5-6,8-9,13,15,25H,4,7,10-11H2,1H3,(H,21,22,23)/t13-,15?/m0/s1. The summed E-state index contributed by atoms with van der Waals surface area (Å²) in [5.41, 5.74) is 2.01. The highest BCUT2D eigenvalue weighted by Crippen LogP contribution is 2.27. The van der Waals surface area contributed by atoms with Gasteiger partial charge in [-0.05, 0) is 29.5 Å². The highest BCUT2D eigenvalue weighted by molar-refractivity contribution is 7.17. The first kappa shape index (κ1) is 18.7. The van der Waals surface area contributed by atoms with Gasteiger partial charge in [0.2, 0.25) is 5.95 Å². The van der Waals surface area contributed by atoms with E-state index in [9.17, 15) is 9.90 Å². The Morgan fingerprint density at radius 3 is 3.07 bits per heavy atom. The van der Waals surface area contributed by atoms with Crippen LogP contribution in [0.3, 0.4) is 0 Å². The molecule has 3 aromatic heterocycles. The van der Waals surface area contributed by atoms with Crippen molar-refractivity contribution >= 4 is 33.4 Å². The summed E-state index contributed by atoms with van der Waals surface area (Å²) in [6, 6.07) is 5.48. The van der Waals surface area contributed by atoms with Gasteiger partial charge in [-0.15, -0.1) is 11.3 Å². The SMILES string of the molecule is COCC(Nc1nc(C(=O)N2CC[C@H](O)C2)c2sccc2n1)c1cccnc1. The van der Waals surface area contributed by atoms with Gasteiger partial charge >= 0.3 is 0 Å². The average molecular weight is 399 g/mol. The summed E-state index contributed by atoms with van der Waals surface area (Å²) in [7, 11) is 1.63. The minimum Gasteiger partial charge on any atom is -0.391 e. The van der Waals surface area contributed by atoms with E-state index in [4.69, 9.17) is 4.74 Å². The van der Waals surface area contributed by atoms with Crippen molar-refractivity contribution in [2.45, 2.75) is 18.6 Å². The van der Waals surface area contributed by atoms with Crippen molar-refractivity contribution in [2.24, 2.45) is 0 Å². The number of carbonyl (C=O) groups excluding carboxylic acids is 1. The van der Waals surface area contributed by atoms with Gasteiger partial charge in [0.1, 0.15) is 0 Å². The number of hydrogen-bond donors (Lipinski definition) is 2. The number of anilines is 1. The van der Waals surface area contributed by atoms with Crippen LogP contribution in [0.4, 0.5) is 5.95 Å². The molecule has 4 rings (SSSR count). The fourth-order valence-corrected chi connectivity index (χ4v) is 4.09. The third-order valence-corrected chi connectivity index (χ3v) is 5.59. The first-order valence-electron chi connectivity index (χ1n) is 9.03. The van der Waals surface area contributed by atoms with Crippen LogP contribution in [0.2, 0.25) is 0 Å². The van der Waals surface area contributed by atoms with Crippen LogP contribution in [-0.4, -0.2) is 63.8 Å². The van der Waals surface area contributed by atoms with Crippen LogP contribution >= 0.6 is 11.3 Å². The summed E-state index contributed by atoms with van der Waals surface area (Å²) >= 11 is 1.44. The summed E-state index contributed by atoms with van der Waals surface area (Å²) in [6.07, 6.45) is 3.59. The molecular formula is C19H21N5O3S. The number of methoxy groups -OCH3 is 1. The number of aliphatic hydroxyl groups excluding tert-OH is 1. The maximum Gasteiger partial charge on any atom is 0.274 e. The molecule has 1 fully saturated rings. The molecule has 0 radical (unpaired) electrons. The normalized spacial score (nSPS) is 17.8. The Bertz CT molecular complexity index is 965. The van der Waals surface area contributed by atoms with Crippen LogP contribution in [0.5, 0.6) is 0 Å². The smallest absolute Gasteiger partial charge is 0.274 e. The van der Waals surface area contributed by atoms with Crippen molar-refractivity contribution in [3.63, 3.8) is 0 Å². The molecule has 0 aromatic carbocycles. The van der Waals surface area contributed by atoms with Gasteiger partial charge in [-0.25, -0.2) is 9.97 Å². The number of rotatable bonds is 6. The fraction of sp³-hybridized carbons (Fsp3) is 0.368. The summed E-state index contributed by atoms with van der Waals surface area (Å²) in [5, 5.41) is 14.9. The lowest BCUT2D eigenvalue weighted by atomic mass is 10.1. The number of aliphatic hydroxyl groups is 1. The quantitative estimate of drug-likeness (QED) is 0.655. The van der Waals surface area contributed by atoms with Crippen molar-refractivity contribution in [3.05, 3.63) is 47.2 Å². The molecule has 4 heterocycles. The monoisotopic (exact) mass is 399 g/mol. The molecule has 1 amide bonds. The molecule has 3 aromatic rings. The second-order valence-electron chi connectivity index (χ2n) is 6.66. The molecule has 1 aliphatic rings. The number of fused-ring (bicyclic) bond motifs is 1. The molecular weight excluding hydrogens is 378 g/mol. The lowest BCUT2D eigenvalue weighted by Gasteiger charge is -2.19. The van der Waals surface area contributed by atoms with E-state index in [1.165, 1.54) is 11.3 Å². The molecule has 8 nitrogen and oxygen atoms in total. The molecule has 146 valence electrons. The zero-order valence-electron chi connectivity index (χ0n) is 15.4. The number of pyridine rings is 1. The van der Waals surface area contributed by atoms with Gasteiger partial charge in [-0.1, -0.05) is 6.07 Å². The van der Waals surface area contributed by atoms with E-state index >= 15 is 0 Å². The van der Waals surface area contributed by atoms with Crippen LogP contribution in [0.25, 0.3) is 10.2 Å². The molecule has 2 atom stereocenters. The lowest BCUT2D eigenvalue weighted by molar-refractivity contribution is 0.0761. The van der Waals surface area contributed by atoms with Crippen molar-refractivity contribution < 1.29 is 14.6 Å². The van der Waals surface area contributed by atoms with E-state index in [-0.39, 0.29) is 11.9 Å². The van der Waals surface area contributed by atoms with Crippen LogP contribution < -0.4 is 5.32 Å². The van der Waals surface area contributed by atoms with E-state index in [0.29, 0.717) is 43.3 Å². The Labute approximate surface area is 166 Å². The zero-order valence-corrected chi connectivity index (χ0v) is 16.2. The maximum atomic E-state index is 13.0. The minimum absolute atomic E-state index is 0.181. The Kier molecular flexibility index (Phi) is 5.47. The van der Waals surface area contributed by atoms with Crippen molar-refractivity contribution in [3.8, 4) is 0 Å². The third kappa shape index (κ3) is 3.82. The van der Waals surface area contributed by atoms with E-state index in [0.717, 1.165) is 10.3 Å². The van der Waals surface area contributed by atoms with Gasteiger partial charge in [0.15, 0.2) is 5.69 Å². The lowest BCUT2D eigenvalue weighted by Crippen LogP contribution is -2.30. The molecule has 2 N–H and O–H groups in total. The Hall–Kier alpha value is -2.62. The largest absolute Gasteiger partial charge is 0.391 e. The summed E-state index contributed by atoms with van der Waals surface area (Å²) in [5.74, 6) is 0.180. The first-order chi connectivity index (χ1) is 13.7. The van der Waals surface area contributed by atoms with Crippen molar-refractivity contribution in [2.75, 3.05) is 32.1 Å². The van der Waals surface area contributed by atoms with Gasteiger partial charge in [0.05, 0.1) is 29.0 Å². The number of likely N-dealkylation sites (tertiary alicyclic amines) is 1. The molecule has 0 saturated carbocycles. The predicted octanol–water partition coefficient (Wildman–Crippen LogP) is 2.09. The Balaban J connectivity index is 1.67. The number of nitrogens with one attached hydrogen (secondary N) is 1. The fourth-order valence-electron chi connectivity index (χ4n) is 3.27.